The van der Waals surface area contributed by atoms with Crippen molar-refractivity contribution >= 4 is 0 Å². The van der Waals surface area contributed by atoms with Gasteiger partial charge in [-0.25, -0.2) is 0 Å². The zero-order valence-corrected chi connectivity index (χ0v) is 16.8. The second-order valence-corrected chi connectivity index (χ2v) is 6.74. The molecule has 0 spiro atoms. The van der Waals surface area contributed by atoms with Crippen molar-refractivity contribution in [3.05, 3.63) is 108 Å². The molecule has 1 heterocycles. The second kappa shape index (κ2) is 9.61. The van der Waals surface area contributed by atoms with Gasteiger partial charge in [-0.2, -0.15) is 0 Å². The first-order chi connectivity index (χ1) is 14.8. The highest BCUT2D eigenvalue weighted by molar-refractivity contribution is 5.74. The van der Waals surface area contributed by atoms with Crippen LogP contribution in [0.4, 0.5) is 0 Å². The Morgan fingerprint density at radius 3 is 1.90 bits per heavy atom. The van der Waals surface area contributed by atoms with Crippen LogP contribution in [0, 0.1) is 0 Å². The molecular weight excluding hydrogens is 374 g/mol. The Bertz CT molecular complexity index is 1080. The number of hydrogen-bond acceptors (Lipinski definition) is 4. The highest BCUT2D eigenvalue weighted by Crippen LogP contribution is 2.40. The number of rotatable bonds is 8. The van der Waals surface area contributed by atoms with E-state index in [0.717, 1.165) is 22.4 Å². The van der Waals surface area contributed by atoms with Gasteiger partial charge in [-0.3, -0.25) is 4.98 Å². The van der Waals surface area contributed by atoms with E-state index in [4.69, 9.17) is 14.2 Å². The molecule has 0 aliphatic heterocycles. The van der Waals surface area contributed by atoms with Crippen molar-refractivity contribution in [3.63, 3.8) is 0 Å². The SMILES string of the molecule is COc1ccccc1-c1nccc(OCc2ccccc2)c1OCc1ccccc1. The molecule has 0 radical (unpaired) electrons. The lowest BCUT2D eigenvalue weighted by Crippen LogP contribution is -2.03. The number of methoxy groups -OCH3 is 1. The quantitative estimate of drug-likeness (QED) is 0.370. The highest BCUT2D eigenvalue weighted by Gasteiger charge is 2.18. The molecule has 4 heteroatoms. The topological polar surface area (TPSA) is 40.6 Å². The molecule has 0 saturated carbocycles. The number of pyridine rings is 1. The Hall–Kier alpha value is -3.79. The van der Waals surface area contributed by atoms with Crippen LogP contribution in [0.25, 0.3) is 11.3 Å². The first-order valence-corrected chi connectivity index (χ1v) is 9.81. The van der Waals surface area contributed by atoms with Gasteiger partial charge in [0.25, 0.3) is 0 Å². The lowest BCUT2D eigenvalue weighted by Gasteiger charge is -2.17. The van der Waals surface area contributed by atoms with Gasteiger partial charge in [-0.05, 0) is 23.3 Å². The van der Waals surface area contributed by atoms with Crippen LogP contribution >= 0.6 is 0 Å². The minimum absolute atomic E-state index is 0.413. The van der Waals surface area contributed by atoms with Gasteiger partial charge >= 0.3 is 0 Å². The highest BCUT2D eigenvalue weighted by atomic mass is 16.5. The minimum Gasteiger partial charge on any atom is -0.496 e. The van der Waals surface area contributed by atoms with E-state index in [9.17, 15) is 0 Å². The molecule has 0 fully saturated rings. The number of hydrogen-bond donors (Lipinski definition) is 0. The summed E-state index contributed by atoms with van der Waals surface area (Å²) in [5, 5.41) is 0. The summed E-state index contributed by atoms with van der Waals surface area (Å²) in [5.41, 5.74) is 3.70. The van der Waals surface area contributed by atoms with Crippen LogP contribution in [0.1, 0.15) is 11.1 Å². The third-order valence-corrected chi connectivity index (χ3v) is 4.69. The number of aromatic nitrogens is 1. The van der Waals surface area contributed by atoms with Crippen LogP contribution in [0.5, 0.6) is 17.2 Å². The smallest absolute Gasteiger partial charge is 0.188 e. The van der Waals surface area contributed by atoms with Gasteiger partial charge in [0.05, 0.1) is 7.11 Å². The Balaban J connectivity index is 1.69. The molecule has 30 heavy (non-hydrogen) atoms. The van der Waals surface area contributed by atoms with E-state index < -0.39 is 0 Å². The van der Waals surface area contributed by atoms with E-state index in [0.29, 0.717) is 30.4 Å². The number of ether oxygens (including phenoxy) is 3. The average Bonchev–Trinajstić information content (AvgIpc) is 2.83. The van der Waals surface area contributed by atoms with Crippen molar-refractivity contribution < 1.29 is 14.2 Å². The minimum atomic E-state index is 0.413. The van der Waals surface area contributed by atoms with Crippen LogP contribution in [0.3, 0.4) is 0 Å². The third kappa shape index (κ3) is 4.61. The summed E-state index contributed by atoms with van der Waals surface area (Å²) in [7, 11) is 1.65. The molecule has 4 aromatic rings. The van der Waals surface area contributed by atoms with E-state index in [1.165, 1.54) is 0 Å². The Morgan fingerprint density at radius 1 is 0.633 bits per heavy atom. The summed E-state index contributed by atoms with van der Waals surface area (Å²) in [4.78, 5) is 4.60. The number of nitrogens with zero attached hydrogens (tertiary/aromatic N) is 1. The summed E-state index contributed by atoms with van der Waals surface area (Å²) in [5.74, 6) is 1.97. The van der Waals surface area contributed by atoms with Crippen molar-refractivity contribution in [2.45, 2.75) is 13.2 Å². The molecular formula is C26H23NO3. The van der Waals surface area contributed by atoms with Gasteiger partial charge in [0.1, 0.15) is 24.7 Å². The fourth-order valence-electron chi connectivity index (χ4n) is 3.18. The summed E-state index contributed by atoms with van der Waals surface area (Å²) >= 11 is 0. The summed E-state index contributed by atoms with van der Waals surface area (Å²) in [6.07, 6.45) is 1.73. The van der Waals surface area contributed by atoms with E-state index in [2.05, 4.69) is 4.98 Å². The molecule has 0 bridgehead atoms. The molecule has 150 valence electrons. The number of benzene rings is 3. The monoisotopic (exact) mass is 397 g/mol. The van der Waals surface area contributed by atoms with E-state index >= 15 is 0 Å². The van der Waals surface area contributed by atoms with Crippen molar-refractivity contribution in [3.8, 4) is 28.5 Å². The standard InChI is InChI=1S/C26H23NO3/c1-28-23-15-9-8-14-22(23)25-26(30-19-21-12-6-3-7-13-21)24(16-17-27-25)29-18-20-10-4-2-5-11-20/h2-17H,18-19H2,1H3. The normalized spacial score (nSPS) is 10.4. The Labute approximate surface area is 176 Å². The molecule has 0 aliphatic rings. The second-order valence-electron chi connectivity index (χ2n) is 6.74. The van der Waals surface area contributed by atoms with Crippen molar-refractivity contribution in [1.29, 1.82) is 0 Å². The molecule has 0 N–H and O–H groups in total. The lowest BCUT2D eigenvalue weighted by atomic mass is 10.1. The molecule has 0 amide bonds. The van der Waals surface area contributed by atoms with Crippen LogP contribution in [-0.2, 0) is 13.2 Å². The van der Waals surface area contributed by atoms with Crippen molar-refractivity contribution in [2.24, 2.45) is 0 Å². The summed E-state index contributed by atoms with van der Waals surface area (Å²) in [6, 6.07) is 29.7. The Morgan fingerprint density at radius 2 is 1.23 bits per heavy atom. The van der Waals surface area contributed by atoms with Crippen molar-refractivity contribution in [1.82, 2.24) is 4.98 Å². The first-order valence-electron chi connectivity index (χ1n) is 9.81. The predicted octanol–water partition coefficient (Wildman–Crippen LogP) is 5.92. The fourth-order valence-corrected chi connectivity index (χ4v) is 3.18. The maximum atomic E-state index is 6.25. The van der Waals surface area contributed by atoms with Crippen LogP contribution in [-0.4, -0.2) is 12.1 Å². The van der Waals surface area contributed by atoms with Gasteiger partial charge in [-0.1, -0.05) is 72.8 Å². The largest absolute Gasteiger partial charge is 0.496 e. The Kier molecular flexibility index (Phi) is 6.25. The molecule has 4 nitrogen and oxygen atoms in total. The zero-order valence-electron chi connectivity index (χ0n) is 16.8. The van der Waals surface area contributed by atoms with Gasteiger partial charge in [0.2, 0.25) is 0 Å². The summed E-state index contributed by atoms with van der Waals surface area (Å²) in [6.45, 7) is 0.855. The third-order valence-electron chi connectivity index (χ3n) is 4.69. The van der Waals surface area contributed by atoms with E-state index in [-0.39, 0.29) is 0 Å². The fraction of sp³-hybridized carbons (Fsp3) is 0.115. The molecule has 1 aromatic heterocycles. The van der Waals surface area contributed by atoms with Gasteiger partial charge in [0, 0.05) is 17.8 Å². The maximum Gasteiger partial charge on any atom is 0.188 e. The van der Waals surface area contributed by atoms with Crippen LogP contribution in [0.15, 0.2) is 97.2 Å². The molecule has 0 aliphatic carbocycles. The van der Waals surface area contributed by atoms with Crippen LogP contribution in [0.2, 0.25) is 0 Å². The first kappa shape index (κ1) is 19.5. The maximum absolute atomic E-state index is 6.25. The number of para-hydroxylation sites is 1. The van der Waals surface area contributed by atoms with Crippen molar-refractivity contribution in [2.75, 3.05) is 7.11 Å². The van der Waals surface area contributed by atoms with Gasteiger partial charge in [0.15, 0.2) is 11.5 Å². The molecule has 4 rings (SSSR count). The molecule has 0 atom stereocenters. The lowest BCUT2D eigenvalue weighted by molar-refractivity contribution is 0.256. The average molecular weight is 397 g/mol. The van der Waals surface area contributed by atoms with Gasteiger partial charge < -0.3 is 14.2 Å². The van der Waals surface area contributed by atoms with Crippen LogP contribution < -0.4 is 14.2 Å². The molecule has 3 aromatic carbocycles. The predicted molar refractivity (Wildman–Crippen MR) is 118 cm³/mol. The molecule has 0 saturated heterocycles. The van der Waals surface area contributed by atoms with E-state index in [1.807, 2.05) is 91.0 Å². The zero-order chi connectivity index (χ0) is 20.6. The summed E-state index contributed by atoms with van der Waals surface area (Å²) < 4.78 is 17.9. The molecule has 0 unspecified atom stereocenters. The van der Waals surface area contributed by atoms with E-state index in [1.54, 1.807) is 13.3 Å². The van der Waals surface area contributed by atoms with Gasteiger partial charge in [-0.15, -0.1) is 0 Å².